The van der Waals surface area contributed by atoms with Crippen molar-refractivity contribution in [3.63, 3.8) is 0 Å². The fourth-order valence-corrected chi connectivity index (χ4v) is 23.3. The molecule has 0 radical (unpaired) electrons. The third kappa shape index (κ3) is 24.4. The minimum absolute atomic E-state index is 0. The molecule has 0 aliphatic heterocycles. The van der Waals surface area contributed by atoms with Gasteiger partial charge in [0.1, 0.15) is 6.04 Å². The monoisotopic (exact) mass is 1670 g/mol. The number of hydrogen-bond acceptors (Lipinski definition) is 3. The van der Waals surface area contributed by atoms with Crippen LogP contribution in [-0.2, 0) is 31.6 Å². The molecule has 1 aliphatic carbocycles. The molecule has 12 heteroatoms. The number of carbonyl (C=O) groups excluding carboxylic acids is 2. The molecule has 1 saturated carbocycles. The number of anilines is 2. The normalized spacial score (nSPS) is 11.7. The molecule has 1 unspecified atom stereocenters. The van der Waals surface area contributed by atoms with E-state index < -0.39 is 55.6 Å². The van der Waals surface area contributed by atoms with E-state index in [1.165, 1.54) is 63.7 Å². The fraction of sp³-hybridized carbons (Fsp3) is 0.0971. The first kappa shape index (κ1) is 84.6. The van der Waals surface area contributed by atoms with E-state index in [0.29, 0.717) is 17.8 Å². The molecule has 0 bridgehead atoms. The third-order valence-corrected chi connectivity index (χ3v) is 29.1. The molecule has 7 nitrogen and oxygen atoms in total. The van der Waals surface area contributed by atoms with Crippen LogP contribution in [0.5, 0.6) is 0 Å². The van der Waals surface area contributed by atoms with Crippen molar-refractivity contribution in [1.82, 2.24) is 5.32 Å². The molecule has 3 amide bonds. The van der Waals surface area contributed by atoms with E-state index in [4.69, 9.17) is 6.42 Å². The van der Waals surface area contributed by atoms with Crippen molar-refractivity contribution in [1.29, 1.82) is 0 Å². The van der Waals surface area contributed by atoms with Crippen molar-refractivity contribution in [2.75, 3.05) is 10.6 Å². The van der Waals surface area contributed by atoms with Gasteiger partial charge in [-0.15, -0.1) is 12.3 Å². The Bertz CT molecular complexity index is 4600. The molecule has 0 aromatic heterocycles. The Hall–Kier alpha value is -11.3. The van der Waals surface area contributed by atoms with Crippen molar-refractivity contribution >= 4 is 135 Å². The van der Waals surface area contributed by atoms with Crippen LogP contribution in [0.2, 0.25) is 0 Å². The number of carbonyl (C=O) groups is 3. The molecule has 1 atom stereocenters. The molecule has 4 N–H and O–H groups in total. The van der Waals surface area contributed by atoms with E-state index >= 15 is 0 Å². The van der Waals surface area contributed by atoms with Gasteiger partial charge in [0.05, 0.1) is 11.3 Å². The van der Waals surface area contributed by atoms with Crippen LogP contribution in [0.25, 0.3) is 10.8 Å². The number of terminal acetylenes is 1. The number of carboxylic acid groups (broad SMARTS) is 1. The van der Waals surface area contributed by atoms with Crippen molar-refractivity contribution in [3.8, 4) is 12.3 Å². The van der Waals surface area contributed by atoms with Gasteiger partial charge in [-0.25, -0.2) is 9.59 Å². The first-order valence-electron chi connectivity index (χ1n) is 38.6. The summed E-state index contributed by atoms with van der Waals surface area (Å²) < 4.78 is 0. The van der Waals surface area contributed by atoms with Gasteiger partial charge >= 0.3 is 12.0 Å². The Labute approximate surface area is 697 Å². The summed E-state index contributed by atoms with van der Waals surface area (Å²) in [5.74, 6) is 0.936. The van der Waals surface area contributed by atoms with E-state index in [-0.39, 0.29) is 31.9 Å². The number of rotatable bonds is 19. The standard InChI is InChI=1S/C31H33N3O4.4C18H15P.Pd/c1-4-10-21-15-19(2)27(20(3)16-21)34-31(38)32-26-18-24-14-9-8-13-23(24)17-25(26)29(35)33-28(30(36)37)22-11-6-5-7-12-22;4*1-4-10-16(11-5-1)19(17-12-6-2-7-13-17)18-14-8-3-9-15-18;/h1,8-9,13-18,22,28H,5-7,10-12H2,2-3H3,(H,33,35)(H,36,37)(H2,32,34,38);4*1-15H;. The Morgan fingerprint density at radius 3 is 0.843 bits per heavy atom. The van der Waals surface area contributed by atoms with Gasteiger partial charge in [0, 0.05) is 32.5 Å². The summed E-state index contributed by atoms with van der Waals surface area (Å²) >= 11 is 0. The second kappa shape index (κ2) is 45.0. The Morgan fingerprint density at radius 1 is 0.357 bits per heavy atom. The SMILES string of the molecule is C#CCc1cc(C)c(NC(=O)Nc2cc3ccccc3cc2C(=O)NC(C(=O)O)C2CCCCC2)c(C)c1.[Pd].c1ccc(P(c2ccccc2)c2ccccc2)cc1.c1ccc(P(c2ccccc2)c2ccccc2)cc1.c1ccc(P(c2ccccc2)c2ccccc2)cc1.c1ccc(P(c2ccccc2)c2ccccc2)cc1. The van der Waals surface area contributed by atoms with Gasteiger partial charge in [0.2, 0.25) is 0 Å². The molecule has 574 valence electrons. The van der Waals surface area contributed by atoms with Gasteiger partial charge in [-0.3, -0.25) is 4.79 Å². The minimum Gasteiger partial charge on any atom is -0.480 e. The summed E-state index contributed by atoms with van der Waals surface area (Å²) in [4.78, 5) is 38.6. The van der Waals surface area contributed by atoms with Gasteiger partial charge in [0.25, 0.3) is 5.91 Å². The number of benzene rings is 15. The van der Waals surface area contributed by atoms with Gasteiger partial charge in [-0.1, -0.05) is 420 Å². The van der Waals surface area contributed by atoms with Gasteiger partial charge in [-0.2, -0.15) is 0 Å². The predicted molar refractivity (Wildman–Crippen MR) is 491 cm³/mol. The van der Waals surface area contributed by atoms with Crippen molar-refractivity contribution < 1.29 is 39.9 Å². The summed E-state index contributed by atoms with van der Waals surface area (Å²) in [6.07, 6.45) is 10.5. The number of aryl methyl sites for hydroxylation is 2. The van der Waals surface area contributed by atoms with Crippen LogP contribution in [0.4, 0.5) is 16.2 Å². The number of amides is 3. The second-order valence-electron chi connectivity index (χ2n) is 27.4. The molecule has 0 saturated heterocycles. The third-order valence-electron chi connectivity index (χ3n) is 19.4. The number of aliphatic carboxylic acids is 1. The molecule has 1 aliphatic rings. The van der Waals surface area contributed by atoms with Crippen LogP contribution in [0, 0.1) is 32.1 Å². The summed E-state index contributed by atoms with van der Waals surface area (Å²) in [6.45, 7) is 3.80. The largest absolute Gasteiger partial charge is 0.480 e. The maximum Gasteiger partial charge on any atom is 0.326 e. The minimum atomic E-state index is -1.04. The Morgan fingerprint density at radius 2 is 0.600 bits per heavy atom. The Kier molecular flexibility index (Phi) is 33.1. The van der Waals surface area contributed by atoms with Gasteiger partial charge in [-0.05, 0) is 168 Å². The average Bonchev–Trinajstić information content (AvgIpc) is 0.798. The topological polar surface area (TPSA) is 108 Å². The number of urea groups is 1. The molecular formula is C103H93N3O4P4Pd. The van der Waals surface area contributed by atoms with Crippen LogP contribution in [0.1, 0.15) is 59.2 Å². The first-order chi connectivity index (χ1) is 56.1. The van der Waals surface area contributed by atoms with Gasteiger partial charge < -0.3 is 21.1 Å². The average molecular weight is 1670 g/mol. The number of hydrogen-bond donors (Lipinski definition) is 4. The van der Waals surface area contributed by atoms with Crippen LogP contribution < -0.4 is 79.6 Å². The summed E-state index contributed by atoms with van der Waals surface area (Å²) in [5, 5.41) is 36.7. The van der Waals surface area contributed by atoms with Crippen LogP contribution in [0.3, 0.4) is 0 Å². The molecule has 115 heavy (non-hydrogen) atoms. The zero-order valence-electron chi connectivity index (χ0n) is 64.5. The number of carboxylic acids is 1. The number of fused-ring (bicyclic) bond motifs is 1. The van der Waals surface area contributed by atoms with E-state index in [1.807, 2.05) is 50.2 Å². The van der Waals surface area contributed by atoms with E-state index in [0.717, 1.165) is 59.6 Å². The van der Waals surface area contributed by atoms with Crippen LogP contribution in [0.15, 0.2) is 413 Å². The molecule has 1 fully saturated rings. The van der Waals surface area contributed by atoms with Gasteiger partial charge in [0.15, 0.2) is 0 Å². The zero-order valence-corrected chi connectivity index (χ0v) is 69.6. The predicted octanol–water partition coefficient (Wildman–Crippen LogP) is 19.8. The van der Waals surface area contributed by atoms with Crippen molar-refractivity contribution in [2.24, 2.45) is 5.92 Å². The summed E-state index contributed by atoms with van der Waals surface area (Å²) in [7, 11) is -1.78. The van der Waals surface area contributed by atoms with E-state index in [9.17, 15) is 19.5 Å². The summed E-state index contributed by atoms with van der Waals surface area (Å²) in [5.41, 5.74) is 3.91. The molecule has 0 heterocycles. The zero-order chi connectivity index (χ0) is 78.9. The molecule has 15 aromatic rings. The quantitative estimate of drug-likeness (QED) is 0.0367. The molecule has 0 spiro atoms. The van der Waals surface area contributed by atoms with Crippen LogP contribution >= 0.6 is 31.7 Å². The summed E-state index contributed by atoms with van der Waals surface area (Å²) in [6, 6.07) is 143. The van der Waals surface area contributed by atoms with Crippen molar-refractivity contribution in [3.05, 3.63) is 435 Å². The van der Waals surface area contributed by atoms with Crippen molar-refractivity contribution in [2.45, 2.75) is 58.4 Å². The molecule has 15 aromatic carbocycles. The van der Waals surface area contributed by atoms with Crippen LogP contribution in [-0.4, -0.2) is 29.1 Å². The number of nitrogens with one attached hydrogen (secondary N) is 3. The fourth-order valence-electron chi connectivity index (χ4n) is 14.1. The first-order valence-corrected chi connectivity index (χ1v) is 43.9. The van der Waals surface area contributed by atoms with E-state index in [2.05, 4.69) is 386 Å². The smallest absolute Gasteiger partial charge is 0.326 e. The molecular weight excluding hydrogens is 1570 g/mol. The maximum absolute atomic E-state index is 13.5. The molecule has 16 rings (SSSR count). The Balaban J connectivity index is 0.000000147. The maximum atomic E-state index is 13.5. The van der Waals surface area contributed by atoms with E-state index in [1.54, 1.807) is 12.1 Å². The second-order valence-corrected chi connectivity index (χ2v) is 36.2.